The first-order chi connectivity index (χ1) is 11.9. The highest BCUT2D eigenvalue weighted by Crippen LogP contribution is 2.26. The molecule has 0 aliphatic carbocycles. The molecule has 25 heavy (non-hydrogen) atoms. The predicted molar refractivity (Wildman–Crippen MR) is 98.3 cm³/mol. The third kappa shape index (κ3) is 4.87. The predicted octanol–water partition coefficient (Wildman–Crippen LogP) is 3.37. The van der Waals surface area contributed by atoms with Crippen LogP contribution >= 0.6 is 11.6 Å². The number of nitrogens with zero attached hydrogens (tertiary/aromatic N) is 1. The molecule has 0 unspecified atom stereocenters. The number of methoxy groups -OCH3 is 1. The summed E-state index contributed by atoms with van der Waals surface area (Å²) in [6.07, 6.45) is 0. The van der Waals surface area contributed by atoms with E-state index in [2.05, 4.69) is 10.6 Å². The molecule has 0 spiro atoms. The monoisotopic (exact) mass is 361 g/mol. The minimum absolute atomic E-state index is 0.165. The van der Waals surface area contributed by atoms with Crippen molar-refractivity contribution in [2.24, 2.45) is 0 Å². The van der Waals surface area contributed by atoms with E-state index in [0.717, 1.165) is 5.56 Å². The molecule has 7 heteroatoms. The van der Waals surface area contributed by atoms with Crippen LogP contribution in [0.5, 0.6) is 5.75 Å². The highest BCUT2D eigenvalue weighted by atomic mass is 35.5. The van der Waals surface area contributed by atoms with Gasteiger partial charge in [-0.15, -0.1) is 0 Å². The Bertz CT molecular complexity index is 778. The third-order valence-corrected chi connectivity index (χ3v) is 3.87. The Morgan fingerprint density at radius 1 is 1.16 bits per heavy atom. The van der Waals surface area contributed by atoms with E-state index < -0.39 is 6.03 Å². The Morgan fingerprint density at radius 2 is 1.88 bits per heavy atom. The normalized spacial score (nSPS) is 10.1. The highest BCUT2D eigenvalue weighted by Gasteiger charge is 2.13. The number of carbonyl (C=O) groups is 2. The van der Waals surface area contributed by atoms with E-state index in [1.807, 2.05) is 18.2 Å². The SMILES string of the molecule is COc1ccc(C(=O)N(C)C)cc1NC(=O)NCc1ccccc1Cl. The van der Waals surface area contributed by atoms with E-state index in [4.69, 9.17) is 16.3 Å². The minimum Gasteiger partial charge on any atom is -0.495 e. The number of nitrogens with one attached hydrogen (secondary N) is 2. The number of ether oxygens (including phenoxy) is 1. The molecule has 0 saturated heterocycles. The van der Waals surface area contributed by atoms with E-state index in [0.29, 0.717) is 22.0 Å². The van der Waals surface area contributed by atoms with Crippen molar-refractivity contribution in [1.29, 1.82) is 0 Å². The maximum Gasteiger partial charge on any atom is 0.319 e. The van der Waals surface area contributed by atoms with Crippen molar-refractivity contribution in [2.75, 3.05) is 26.5 Å². The van der Waals surface area contributed by atoms with Gasteiger partial charge in [0.05, 0.1) is 12.8 Å². The van der Waals surface area contributed by atoms with Crippen molar-refractivity contribution in [3.05, 3.63) is 58.6 Å². The zero-order valence-corrected chi connectivity index (χ0v) is 15.1. The molecule has 0 atom stereocenters. The first-order valence-electron chi connectivity index (χ1n) is 7.60. The van der Waals surface area contributed by atoms with Gasteiger partial charge in [0, 0.05) is 31.2 Å². The Labute approximate surface area is 151 Å². The number of hydrogen-bond acceptors (Lipinski definition) is 3. The maximum atomic E-state index is 12.2. The Kier molecular flexibility index (Phi) is 6.25. The van der Waals surface area contributed by atoms with Crippen LogP contribution < -0.4 is 15.4 Å². The average Bonchev–Trinajstić information content (AvgIpc) is 2.60. The van der Waals surface area contributed by atoms with Crippen LogP contribution in [0.1, 0.15) is 15.9 Å². The molecule has 0 radical (unpaired) electrons. The molecule has 0 saturated carbocycles. The van der Waals surface area contributed by atoms with Gasteiger partial charge in [-0.05, 0) is 29.8 Å². The van der Waals surface area contributed by atoms with Gasteiger partial charge in [0.2, 0.25) is 0 Å². The van der Waals surface area contributed by atoms with Crippen LogP contribution in [-0.4, -0.2) is 38.0 Å². The zero-order chi connectivity index (χ0) is 18.4. The van der Waals surface area contributed by atoms with Crippen molar-refractivity contribution in [2.45, 2.75) is 6.54 Å². The fourth-order valence-electron chi connectivity index (χ4n) is 2.18. The number of benzene rings is 2. The molecular formula is C18H20ClN3O3. The summed E-state index contributed by atoms with van der Waals surface area (Å²) in [5, 5.41) is 6.00. The van der Waals surface area contributed by atoms with Gasteiger partial charge >= 0.3 is 6.03 Å². The standard InChI is InChI=1S/C18H20ClN3O3/c1-22(2)17(23)12-8-9-16(25-3)15(10-12)21-18(24)20-11-13-6-4-5-7-14(13)19/h4-10H,11H2,1-3H3,(H2,20,21,24). The summed E-state index contributed by atoms with van der Waals surface area (Å²) >= 11 is 6.07. The van der Waals surface area contributed by atoms with E-state index >= 15 is 0 Å². The lowest BCUT2D eigenvalue weighted by Crippen LogP contribution is -2.28. The van der Waals surface area contributed by atoms with E-state index in [9.17, 15) is 9.59 Å². The summed E-state index contributed by atoms with van der Waals surface area (Å²) in [6, 6.07) is 11.7. The van der Waals surface area contributed by atoms with Gasteiger partial charge < -0.3 is 20.3 Å². The smallest absolute Gasteiger partial charge is 0.319 e. The van der Waals surface area contributed by atoms with Crippen molar-refractivity contribution < 1.29 is 14.3 Å². The first kappa shape index (κ1) is 18.6. The summed E-state index contributed by atoms with van der Waals surface area (Å²) in [5.41, 5.74) is 1.67. The summed E-state index contributed by atoms with van der Waals surface area (Å²) in [4.78, 5) is 25.7. The summed E-state index contributed by atoms with van der Waals surface area (Å²) in [6.45, 7) is 0.282. The van der Waals surface area contributed by atoms with Gasteiger partial charge in [-0.2, -0.15) is 0 Å². The molecule has 2 aromatic carbocycles. The summed E-state index contributed by atoms with van der Waals surface area (Å²) < 4.78 is 5.23. The number of anilines is 1. The number of urea groups is 1. The molecule has 6 nitrogen and oxygen atoms in total. The van der Waals surface area contributed by atoms with Crippen LogP contribution in [0.25, 0.3) is 0 Å². The highest BCUT2D eigenvalue weighted by molar-refractivity contribution is 6.31. The third-order valence-electron chi connectivity index (χ3n) is 3.50. The average molecular weight is 362 g/mol. The van der Waals surface area contributed by atoms with Crippen molar-refractivity contribution in [3.63, 3.8) is 0 Å². The molecule has 2 aromatic rings. The minimum atomic E-state index is -0.423. The fourth-order valence-corrected chi connectivity index (χ4v) is 2.38. The lowest BCUT2D eigenvalue weighted by molar-refractivity contribution is 0.0827. The van der Waals surface area contributed by atoms with Crippen LogP contribution in [-0.2, 0) is 6.54 Å². The summed E-state index contributed by atoms with van der Waals surface area (Å²) in [7, 11) is 4.82. The number of halogens is 1. The van der Waals surface area contributed by atoms with Crippen LogP contribution in [0.15, 0.2) is 42.5 Å². The molecule has 0 aliphatic heterocycles. The Morgan fingerprint density at radius 3 is 2.52 bits per heavy atom. The van der Waals surface area contributed by atoms with Crippen molar-refractivity contribution >= 4 is 29.2 Å². The van der Waals surface area contributed by atoms with E-state index in [1.165, 1.54) is 12.0 Å². The van der Waals surface area contributed by atoms with Gasteiger partial charge in [-0.1, -0.05) is 29.8 Å². The molecule has 2 N–H and O–H groups in total. The molecule has 0 aromatic heterocycles. The molecule has 0 fully saturated rings. The second-order valence-electron chi connectivity index (χ2n) is 5.51. The van der Waals surface area contributed by atoms with E-state index in [-0.39, 0.29) is 12.5 Å². The van der Waals surface area contributed by atoms with Crippen LogP contribution in [0.4, 0.5) is 10.5 Å². The molecular weight excluding hydrogens is 342 g/mol. The van der Waals surface area contributed by atoms with Gasteiger partial charge in [0.15, 0.2) is 0 Å². The molecule has 132 valence electrons. The van der Waals surface area contributed by atoms with Gasteiger partial charge in [-0.3, -0.25) is 4.79 Å². The lowest BCUT2D eigenvalue weighted by Gasteiger charge is -2.15. The van der Waals surface area contributed by atoms with Crippen LogP contribution in [0, 0.1) is 0 Å². The van der Waals surface area contributed by atoms with Crippen molar-refractivity contribution in [3.8, 4) is 5.75 Å². The number of rotatable bonds is 5. The maximum absolute atomic E-state index is 12.2. The molecule has 0 aliphatic rings. The topological polar surface area (TPSA) is 70.7 Å². The van der Waals surface area contributed by atoms with Crippen LogP contribution in [0.2, 0.25) is 5.02 Å². The summed E-state index contributed by atoms with van der Waals surface area (Å²) in [5.74, 6) is 0.297. The largest absolute Gasteiger partial charge is 0.495 e. The number of amides is 3. The zero-order valence-electron chi connectivity index (χ0n) is 14.3. The van der Waals surface area contributed by atoms with Gasteiger partial charge in [-0.25, -0.2) is 4.79 Å². The van der Waals surface area contributed by atoms with Crippen molar-refractivity contribution in [1.82, 2.24) is 10.2 Å². The second-order valence-corrected chi connectivity index (χ2v) is 5.92. The lowest BCUT2D eigenvalue weighted by atomic mass is 10.1. The van der Waals surface area contributed by atoms with Gasteiger partial charge in [0.1, 0.15) is 5.75 Å². The molecule has 2 rings (SSSR count). The van der Waals surface area contributed by atoms with E-state index in [1.54, 1.807) is 38.4 Å². The van der Waals surface area contributed by atoms with Crippen LogP contribution in [0.3, 0.4) is 0 Å². The fraction of sp³-hybridized carbons (Fsp3) is 0.222. The Hall–Kier alpha value is -2.73. The van der Waals surface area contributed by atoms with Gasteiger partial charge in [0.25, 0.3) is 5.91 Å². The Balaban J connectivity index is 2.09. The quantitative estimate of drug-likeness (QED) is 0.857. The second kappa shape index (κ2) is 8.39. The molecule has 0 bridgehead atoms. The molecule has 0 heterocycles. The number of hydrogen-bond donors (Lipinski definition) is 2. The molecule has 3 amide bonds. The number of carbonyl (C=O) groups excluding carboxylic acids is 2. The first-order valence-corrected chi connectivity index (χ1v) is 7.98.